The zero-order chi connectivity index (χ0) is 16.1. The van der Waals surface area contributed by atoms with Gasteiger partial charge in [0, 0.05) is 41.6 Å². The first kappa shape index (κ1) is 14.4. The molecule has 1 N–H and O–H groups in total. The number of thiophene rings is 1. The second kappa shape index (κ2) is 5.53. The van der Waals surface area contributed by atoms with Crippen LogP contribution < -0.4 is 5.56 Å². The molecule has 1 aliphatic carbocycles. The summed E-state index contributed by atoms with van der Waals surface area (Å²) in [7, 11) is 0. The Kier molecular flexibility index (Phi) is 3.31. The van der Waals surface area contributed by atoms with Crippen LogP contribution in [0.2, 0.25) is 0 Å². The molecule has 0 amide bonds. The van der Waals surface area contributed by atoms with E-state index in [-0.39, 0.29) is 5.56 Å². The van der Waals surface area contributed by atoms with Gasteiger partial charge in [0.2, 0.25) is 0 Å². The lowest BCUT2D eigenvalue weighted by Crippen LogP contribution is -2.35. The van der Waals surface area contributed by atoms with Crippen LogP contribution >= 0.6 is 11.3 Å². The van der Waals surface area contributed by atoms with Gasteiger partial charge in [-0.1, -0.05) is 18.2 Å². The van der Waals surface area contributed by atoms with E-state index in [2.05, 4.69) is 40.2 Å². The summed E-state index contributed by atoms with van der Waals surface area (Å²) in [5, 5.41) is 1.31. The SMILES string of the molecule is O=c1[nH]c(C2CC2)nc2c1CN(Cc1cc3ccccc3s1)CC2. The Balaban J connectivity index is 1.39. The Morgan fingerprint density at radius 3 is 3.00 bits per heavy atom. The molecule has 0 saturated heterocycles. The van der Waals surface area contributed by atoms with Crippen molar-refractivity contribution in [2.24, 2.45) is 0 Å². The summed E-state index contributed by atoms with van der Waals surface area (Å²) in [5.74, 6) is 1.41. The first-order chi connectivity index (χ1) is 11.8. The minimum absolute atomic E-state index is 0.0722. The predicted octanol–water partition coefficient (Wildman–Crippen LogP) is 3.42. The molecule has 5 heteroatoms. The van der Waals surface area contributed by atoms with Crippen molar-refractivity contribution in [1.82, 2.24) is 14.9 Å². The minimum atomic E-state index is 0.0722. The summed E-state index contributed by atoms with van der Waals surface area (Å²) >= 11 is 1.85. The number of hydrogen-bond donors (Lipinski definition) is 1. The summed E-state index contributed by atoms with van der Waals surface area (Å²) in [6, 6.07) is 10.8. The molecular weight excluding hydrogens is 318 g/mol. The number of aromatic amines is 1. The maximum atomic E-state index is 12.4. The number of hydrogen-bond acceptors (Lipinski definition) is 4. The monoisotopic (exact) mass is 337 g/mol. The molecule has 0 spiro atoms. The largest absolute Gasteiger partial charge is 0.310 e. The third kappa shape index (κ3) is 2.58. The number of benzene rings is 1. The van der Waals surface area contributed by atoms with Crippen LogP contribution in [-0.2, 0) is 19.5 Å². The lowest BCUT2D eigenvalue weighted by atomic mass is 10.1. The third-order valence-electron chi connectivity index (χ3n) is 4.99. The second-order valence-electron chi connectivity index (χ2n) is 6.86. The number of fused-ring (bicyclic) bond motifs is 2. The molecule has 2 aromatic heterocycles. The molecule has 1 aromatic carbocycles. The van der Waals surface area contributed by atoms with Gasteiger partial charge in [-0.3, -0.25) is 9.69 Å². The van der Waals surface area contributed by atoms with Gasteiger partial charge in [0.05, 0.1) is 11.3 Å². The second-order valence-corrected chi connectivity index (χ2v) is 8.03. The molecular formula is C19H19N3OS. The lowest BCUT2D eigenvalue weighted by molar-refractivity contribution is 0.243. The summed E-state index contributed by atoms with van der Waals surface area (Å²) in [6.45, 7) is 2.58. The summed E-state index contributed by atoms with van der Waals surface area (Å²) < 4.78 is 1.33. The lowest BCUT2D eigenvalue weighted by Gasteiger charge is -2.27. The first-order valence-corrected chi connectivity index (χ1v) is 9.40. The zero-order valence-electron chi connectivity index (χ0n) is 13.4. The molecule has 3 aromatic rings. The molecule has 0 bridgehead atoms. The number of nitrogens with one attached hydrogen (secondary N) is 1. The molecule has 24 heavy (non-hydrogen) atoms. The number of aromatic nitrogens is 2. The van der Waals surface area contributed by atoms with Gasteiger partial charge >= 0.3 is 0 Å². The Morgan fingerprint density at radius 2 is 2.17 bits per heavy atom. The van der Waals surface area contributed by atoms with E-state index in [1.54, 1.807) is 0 Å². The molecule has 1 fully saturated rings. The van der Waals surface area contributed by atoms with Crippen LogP contribution in [0.3, 0.4) is 0 Å². The van der Waals surface area contributed by atoms with Gasteiger partial charge in [0.1, 0.15) is 5.82 Å². The van der Waals surface area contributed by atoms with Crippen LogP contribution in [0.4, 0.5) is 0 Å². The van der Waals surface area contributed by atoms with Gasteiger partial charge in [-0.2, -0.15) is 0 Å². The van der Waals surface area contributed by atoms with Crippen molar-refractivity contribution in [2.75, 3.05) is 6.54 Å². The summed E-state index contributed by atoms with van der Waals surface area (Å²) in [5.41, 5.74) is 1.96. The van der Waals surface area contributed by atoms with E-state index in [1.807, 2.05) is 11.3 Å². The quantitative estimate of drug-likeness (QED) is 0.797. The highest BCUT2D eigenvalue weighted by molar-refractivity contribution is 7.19. The van der Waals surface area contributed by atoms with E-state index < -0.39 is 0 Å². The van der Waals surface area contributed by atoms with Gasteiger partial charge < -0.3 is 4.98 Å². The minimum Gasteiger partial charge on any atom is -0.310 e. The van der Waals surface area contributed by atoms with E-state index in [1.165, 1.54) is 27.8 Å². The fraction of sp³-hybridized carbons (Fsp3) is 0.368. The normalized spacial score (nSPS) is 18.0. The fourth-order valence-corrected chi connectivity index (χ4v) is 4.63. The van der Waals surface area contributed by atoms with Crippen LogP contribution in [0, 0.1) is 0 Å². The number of H-pyrrole nitrogens is 1. The highest BCUT2D eigenvalue weighted by Gasteiger charge is 2.29. The molecule has 0 atom stereocenters. The summed E-state index contributed by atoms with van der Waals surface area (Å²) in [6.07, 6.45) is 3.21. The van der Waals surface area contributed by atoms with E-state index in [4.69, 9.17) is 4.98 Å². The Bertz CT molecular complexity index is 937. The van der Waals surface area contributed by atoms with E-state index in [0.29, 0.717) is 12.5 Å². The van der Waals surface area contributed by atoms with Gasteiger partial charge in [-0.15, -0.1) is 11.3 Å². The van der Waals surface area contributed by atoms with Crippen molar-refractivity contribution in [3.8, 4) is 0 Å². The number of rotatable bonds is 3. The van der Waals surface area contributed by atoms with Crippen LogP contribution in [0.25, 0.3) is 10.1 Å². The third-order valence-corrected chi connectivity index (χ3v) is 6.09. The van der Waals surface area contributed by atoms with Gasteiger partial charge in [0.15, 0.2) is 0 Å². The molecule has 3 heterocycles. The molecule has 0 radical (unpaired) electrons. The highest BCUT2D eigenvalue weighted by atomic mass is 32.1. The van der Waals surface area contributed by atoms with E-state index >= 15 is 0 Å². The molecule has 2 aliphatic rings. The Morgan fingerprint density at radius 1 is 1.29 bits per heavy atom. The molecule has 4 nitrogen and oxygen atoms in total. The van der Waals surface area contributed by atoms with Crippen molar-refractivity contribution in [3.63, 3.8) is 0 Å². The Hall–Kier alpha value is -1.98. The summed E-state index contributed by atoms with van der Waals surface area (Å²) in [4.78, 5) is 23.9. The standard InChI is InChI=1S/C19H19N3OS/c23-19-15-11-22(8-7-16(15)20-18(21-19)12-5-6-12)10-14-9-13-3-1-2-4-17(13)24-14/h1-4,9,12H,5-8,10-11H2,(H,20,21,23). The fourth-order valence-electron chi connectivity index (χ4n) is 3.52. The number of nitrogens with zero attached hydrogens (tertiary/aromatic N) is 2. The van der Waals surface area contributed by atoms with Crippen molar-refractivity contribution >= 4 is 21.4 Å². The van der Waals surface area contributed by atoms with Gasteiger partial charge in [0.25, 0.3) is 5.56 Å². The van der Waals surface area contributed by atoms with Crippen molar-refractivity contribution in [3.05, 3.63) is 62.6 Å². The van der Waals surface area contributed by atoms with Crippen molar-refractivity contribution in [2.45, 2.75) is 38.3 Å². The first-order valence-electron chi connectivity index (χ1n) is 8.58. The highest BCUT2D eigenvalue weighted by Crippen LogP contribution is 2.38. The smallest absolute Gasteiger partial charge is 0.255 e. The van der Waals surface area contributed by atoms with Crippen molar-refractivity contribution < 1.29 is 0 Å². The van der Waals surface area contributed by atoms with Crippen LogP contribution in [0.5, 0.6) is 0 Å². The van der Waals surface area contributed by atoms with Gasteiger partial charge in [-0.05, 0) is 30.4 Å². The van der Waals surface area contributed by atoms with Crippen LogP contribution in [-0.4, -0.2) is 21.4 Å². The molecule has 5 rings (SSSR count). The van der Waals surface area contributed by atoms with Gasteiger partial charge in [-0.25, -0.2) is 4.98 Å². The molecule has 122 valence electrons. The van der Waals surface area contributed by atoms with Crippen LogP contribution in [0.1, 0.15) is 40.7 Å². The average molecular weight is 337 g/mol. The maximum absolute atomic E-state index is 12.4. The average Bonchev–Trinajstić information content (AvgIpc) is 3.35. The van der Waals surface area contributed by atoms with Crippen molar-refractivity contribution in [1.29, 1.82) is 0 Å². The molecule has 1 aliphatic heterocycles. The van der Waals surface area contributed by atoms with Crippen LogP contribution in [0.15, 0.2) is 35.1 Å². The predicted molar refractivity (Wildman–Crippen MR) is 96.5 cm³/mol. The molecule has 0 unspecified atom stereocenters. The maximum Gasteiger partial charge on any atom is 0.255 e. The Labute approximate surface area is 144 Å². The zero-order valence-corrected chi connectivity index (χ0v) is 14.2. The van der Waals surface area contributed by atoms with E-state index in [0.717, 1.165) is 36.6 Å². The topological polar surface area (TPSA) is 49.0 Å². The molecule has 1 saturated carbocycles. The van der Waals surface area contributed by atoms with E-state index in [9.17, 15) is 4.79 Å².